The predicted molar refractivity (Wildman–Crippen MR) is 117 cm³/mol. The van der Waals surface area contributed by atoms with Gasteiger partial charge in [0.1, 0.15) is 0 Å². The van der Waals surface area contributed by atoms with Crippen molar-refractivity contribution in [3.05, 3.63) is 76.4 Å². The molecule has 0 radical (unpaired) electrons. The number of rotatable bonds is 0. The number of fused-ring (bicyclic) bond motifs is 5. The van der Waals surface area contributed by atoms with Crippen molar-refractivity contribution in [3.63, 3.8) is 0 Å². The maximum absolute atomic E-state index is 9.10. The van der Waals surface area contributed by atoms with Crippen molar-refractivity contribution in [3.8, 4) is 0 Å². The molecule has 162 valence electrons. The highest BCUT2D eigenvalue weighted by molar-refractivity contribution is 6.27. The van der Waals surface area contributed by atoms with E-state index in [2.05, 4.69) is 60.5 Å². The Balaban J connectivity index is 0.000000342. The van der Waals surface area contributed by atoms with Gasteiger partial charge < -0.3 is 19.8 Å². The third-order valence-corrected chi connectivity index (χ3v) is 6.47. The van der Waals surface area contributed by atoms with Crippen LogP contribution in [0.25, 0.3) is 5.57 Å². The van der Waals surface area contributed by atoms with E-state index in [4.69, 9.17) is 24.5 Å². The van der Waals surface area contributed by atoms with Crippen LogP contribution in [0.15, 0.2) is 54.1 Å². The van der Waals surface area contributed by atoms with E-state index in [1.165, 1.54) is 53.8 Å². The first-order valence-corrected chi connectivity index (χ1v) is 10.6. The van der Waals surface area contributed by atoms with Gasteiger partial charge in [0.15, 0.2) is 0 Å². The molecule has 0 bridgehead atoms. The zero-order valence-electron chi connectivity index (χ0n) is 17.6. The third-order valence-electron chi connectivity index (χ3n) is 6.47. The third kappa shape index (κ3) is 4.27. The van der Waals surface area contributed by atoms with E-state index in [1.54, 1.807) is 5.57 Å². The summed E-state index contributed by atoms with van der Waals surface area (Å²) in [6, 6.07) is 18.1. The molecule has 2 aliphatic heterocycles. The molecule has 2 aromatic rings. The number of ether oxygens (including phenoxy) is 1. The summed E-state index contributed by atoms with van der Waals surface area (Å²) in [5.41, 5.74) is 9.04. The molecule has 2 aromatic carbocycles. The average Bonchev–Trinajstić information content (AvgIpc) is 3.22. The summed E-state index contributed by atoms with van der Waals surface area (Å²) in [6.07, 6.45) is 2.36. The molecule has 6 nitrogen and oxygen atoms in total. The molecule has 2 saturated heterocycles. The number of likely N-dealkylation sites (tertiary alicyclic amines) is 1. The molecule has 2 fully saturated rings. The summed E-state index contributed by atoms with van der Waals surface area (Å²) in [7, 11) is 2.23. The Kier molecular flexibility index (Phi) is 6.20. The van der Waals surface area contributed by atoms with Crippen LogP contribution in [0.1, 0.15) is 46.9 Å². The molecule has 5 rings (SSSR count). The minimum Gasteiger partial charge on any atom is -0.473 e. The number of benzene rings is 2. The molecular formula is C25H27NO5. The molecular weight excluding hydrogens is 394 g/mol. The number of nitrogens with zero attached hydrogens (tertiary/aromatic N) is 1. The van der Waals surface area contributed by atoms with Crippen LogP contribution in [0.5, 0.6) is 0 Å². The lowest BCUT2D eigenvalue weighted by atomic mass is 9.84. The Morgan fingerprint density at radius 2 is 1.29 bits per heavy atom. The number of hydrogen-bond acceptors (Lipinski definition) is 4. The molecule has 2 heterocycles. The molecule has 31 heavy (non-hydrogen) atoms. The van der Waals surface area contributed by atoms with Crippen LogP contribution in [-0.2, 0) is 14.3 Å². The zero-order valence-corrected chi connectivity index (χ0v) is 17.6. The highest BCUT2D eigenvalue weighted by atomic mass is 16.5. The van der Waals surface area contributed by atoms with Crippen LogP contribution in [0.4, 0.5) is 0 Å². The summed E-state index contributed by atoms with van der Waals surface area (Å²) in [5.74, 6) is -2.67. The highest BCUT2D eigenvalue weighted by Crippen LogP contribution is 2.49. The van der Waals surface area contributed by atoms with Crippen molar-refractivity contribution in [2.24, 2.45) is 0 Å². The molecule has 0 aromatic heterocycles. The fourth-order valence-electron chi connectivity index (χ4n) is 4.93. The maximum atomic E-state index is 9.10. The lowest BCUT2D eigenvalue weighted by Gasteiger charge is -2.27. The Hall–Kier alpha value is -2.96. The van der Waals surface area contributed by atoms with Crippen LogP contribution in [0, 0.1) is 0 Å². The van der Waals surface area contributed by atoms with Crippen molar-refractivity contribution in [2.45, 2.75) is 24.7 Å². The van der Waals surface area contributed by atoms with Crippen molar-refractivity contribution < 1.29 is 24.5 Å². The molecule has 0 saturated carbocycles. The molecule has 0 amide bonds. The lowest BCUT2D eigenvalue weighted by Crippen LogP contribution is -2.27. The summed E-state index contributed by atoms with van der Waals surface area (Å²) in [5, 5.41) is 14.8. The Bertz CT molecular complexity index is 951. The standard InChI is InChI=1S/C23H25NO.C2H2O4/c1-24-12-10-16(11-13-24)23-19-8-4-2-6-17(19)21-14-25-15-22(21)18-7-3-5-9-20(18)23;3-1(4)2(5)6/h2-9,21-22H,10-15H2,1H3;(H,3,4)(H,5,6). The van der Waals surface area contributed by atoms with Gasteiger partial charge in [-0.05, 0) is 47.7 Å². The first-order valence-electron chi connectivity index (χ1n) is 10.6. The van der Waals surface area contributed by atoms with E-state index in [0.717, 1.165) is 13.2 Å². The molecule has 2 N–H and O–H groups in total. The minimum atomic E-state index is -1.82. The maximum Gasteiger partial charge on any atom is 0.414 e. The van der Waals surface area contributed by atoms with Crippen molar-refractivity contribution >= 4 is 17.5 Å². The van der Waals surface area contributed by atoms with Gasteiger partial charge in [-0.25, -0.2) is 9.59 Å². The second kappa shape index (κ2) is 9.04. The van der Waals surface area contributed by atoms with Crippen LogP contribution in [-0.4, -0.2) is 60.4 Å². The van der Waals surface area contributed by atoms with E-state index >= 15 is 0 Å². The van der Waals surface area contributed by atoms with Gasteiger partial charge in [-0.2, -0.15) is 0 Å². The van der Waals surface area contributed by atoms with Crippen molar-refractivity contribution in [2.75, 3.05) is 33.4 Å². The van der Waals surface area contributed by atoms with E-state index < -0.39 is 11.9 Å². The average molecular weight is 421 g/mol. The molecule has 6 heteroatoms. The van der Waals surface area contributed by atoms with Crippen LogP contribution < -0.4 is 0 Å². The van der Waals surface area contributed by atoms with Gasteiger partial charge in [0.2, 0.25) is 0 Å². The molecule has 2 atom stereocenters. The second-order valence-electron chi connectivity index (χ2n) is 8.32. The SMILES string of the molecule is CN1CCC(=C2c3ccccc3C3COCC3c3ccccc32)CC1.O=C(O)C(=O)O. The van der Waals surface area contributed by atoms with Crippen LogP contribution >= 0.6 is 0 Å². The summed E-state index contributed by atoms with van der Waals surface area (Å²) in [4.78, 5) is 20.6. The topological polar surface area (TPSA) is 87.1 Å². The van der Waals surface area contributed by atoms with E-state index in [1.807, 2.05) is 0 Å². The van der Waals surface area contributed by atoms with Crippen LogP contribution in [0.2, 0.25) is 0 Å². The molecule has 0 spiro atoms. The quantitative estimate of drug-likeness (QED) is 0.633. The second-order valence-corrected chi connectivity index (χ2v) is 8.32. The zero-order chi connectivity index (χ0) is 22.0. The highest BCUT2D eigenvalue weighted by Gasteiger charge is 2.37. The molecule has 2 unspecified atom stereocenters. The van der Waals surface area contributed by atoms with Gasteiger partial charge >= 0.3 is 11.9 Å². The monoisotopic (exact) mass is 421 g/mol. The van der Waals surface area contributed by atoms with Gasteiger partial charge in [-0.3, -0.25) is 0 Å². The first kappa shape index (κ1) is 21.3. The fraction of sp³-hybridized carbons (Fsp3) is 0.360. The minimum absolute atomic E-state index is 0.488. The lowest BCUT2D eigenvalue weighted by molar-refractivity contribution is -0.159. The number of carboxylic acid groups (broad SMARTS) is 2. The van der Waals surface area contributed by atoms with E-state index in [0.29, 0.717) is 11.8 Å². The molecule has 3 aliphatic rings. The van der Waals surface area contributed by atoms with Gasteiger partial charge in [0.05, 0.1) is 13.2 Å². The van der Waals surface area contributed by atoms with Gasteiger partial charge in [-0.15, -0.1) is 0 Å². The van der Waals surface area contributed by atoms with Crippen molar-refractivity contribution in [1.29, 1.82) is 0 Å². The number of carbonyl (C=O) groups is 2. The fourth-order valence-corrected chi connectivity index (χ4v) is 4.93. The largest absolute Gasteiger partial charge is 0.473 e. The first-order chi connectivity index (χ1) is 15.0. The van der Waals surface area contributed by atoms with E-state index in [-0.39, 0.29) is 0 Å². The normalized spacial score (nSPS) is 22.4. The Morgan fingerprint density at radius 1 is 0.839 bits per heavy atom. The number of aliphatic carboxylic acids is 2. The summed E-state index contributed by atoms with van der Waals surface area (Å²) in [6.45, 7) is 4.03. The van der Waals surface area contributed by atoms with Crippen LogP contribution in [0.3, 0.4) is 0 Å². The predicted octanol–water partition coefficient (Wildman–Crippen LogP) is 3.58. The Morgan fingerprint density at radius 3 is 1.74 bits per heavy atom. The number of piperidine rings is 1. The van der Waals surface area contributed by atoms with E-state index in [9.17, 15) is 0 Å². The summed E-state index contributed by atoms with van der Waals surface area (Å²) < 4.78 is 5.93. The van der Waals surface area contributed by atoms with Gasteiger partial charge in [-0.1, -0.05) is 54.1 Å². The summed E-state index contributed by atoms with van der Waals surface area (Å²) >= 11 is 0. The molecule has 1 aliphatic carbocycles. The van der Waals surface area contributed by atoms with Gasteiger partial charge in [0.25, 0.3) is 0 Å². The van der Waals surface area contributed by atoms with Crippen molar-refractivity contribution in [1.82, 2.24) is 4.90 Å². The van der Waals surface area contributed by atoms with Gasteiger partial charge in [0, 0.05) is 24.9 Å². The number of hydrogen-bond donors (Lipinski definition) is 2. The smallest absolute Gasteiger partial charge is 0.414 e. The Labute approximate surface area is 181 Å². The number of carboxylic acids is 2.